The van der Waals surface area contributed by atoms with Gasteiger partial charge in [0.2, 0.25) is 0 Å². The van der Waals surface area contributed by atoms with Crippen LogP contribution in [0.1, 0.15) is 50.6 Å². The van der Waals surface area contributed by atoms with E-state index >= 15 is 0 Å². The van der Waals surface area contributed by atoms with Crippen molar-refractivity contribution in [3.8, 4) is 0 Å². The first-order chi connectivity index (χ1) is 9.29. The molecule has 106 valence electrons. The quantitative estimate of drug-likeness (QED) is 0.821. The van der Waals surface area contributed by atoms with E-state index in [1.54, 1.807) is 12.1 Å². The van der Waals surface area contributed by atoms with Crippen LogP contribution in [0.15, 0.2) is 24.3 Å². The minimum atomic E-state index is -0.136. The number of thioether (sulfide) groups is 1. The second-order valence-electron chi connectivity index (χ2n) is 5.26. The van der Waals surface area contributed by atoms with Gasteiger partial charge in [-0.1, -0.05) is 38.3 Å². The summed E-state index contributed by atoms with van der Waals surface area (Å²) >= 11 is 2.06. The molecule has 1 nitrogen and oxygen atoms in total. The molecule has 0 bridgehead atoms. The van der Waals surface area contributed by atoms with Crippen molar-refractivity contribution in [2.24, 2.45) is 0 Å². The second kappa shape index (κ2) is 7.91. The molecule has 1 aromatic rings. The maximum Gasteiger partial charge on any atom is 0.123 e. The van der Waals surface area contributed by atoms with Crippen LogP contribution in [0.5, 0.6) is 0 Å². The highest BCUT2D eigenvalue weighted by Gasteiger charge is 2.17. The van der Waals surface area contributed by atoms with Gasteiger partial charge in [-0.3, -0.25) is 0 Å². The molecule has 1 aliphatic carbocycles. The second-order valence-corrected chi connectivity index (χ2v) is 6.59. The highest BCUT2D eigenvalue weighted by Crippen LogP contribution is 2.31. The largest absolute Gasteiger partial charge is 0.310 e. The zero-order valence-electron chi connectivity index (χ0n) is 11.7. The van der Waals surface area contributed by atoms with Crippen LogP contribution >= 0.6 is 11.8 Å². The third-order valence-corrected chi connectivity index (χ3v) is 5.22. The first-order valence-electron chi connectivity index (χ1n) is 7.40. The average molecular weight is 281 g/mol. The lowest BCUT2D eigenvalue weighted by Crippen LogP contribution is -2.24. The van der Waals surface area contributed by atoms with Crippen molar-refractivity contribution in [2.45, 2.75) is 50.3 Å². The molecule has 1 fully saturated rings. The Morgan fingerprint density at radius 3 is 2.79 bits per heavy atom. The van der Waals surface area contributed by atoms with Crippen molar-refractivity contribution in [1.82, 2.24) is 5.32 Å². The van der Waals surface area contributed by atoms with Crippen molar-refractivity contribution in [3.63, 3.8) is 0 Å². The summed E-state index contributed by atoms with van der Waals surface area (Å²) in [5.41, 5.74) is 1.07. The van der Waals surface area contributed by atoms with Gasteiger partial charge in [-0.25, -0.2) is 4.39 Å². The summed E-state index contributed by atoms with van der Waals surface area (Å²) in [6.45, 7) is 3.03. The lowest BCUT2D eigenvalue weighted by Gasteiger charge is -2.24. The monoisotopic (exact) mass is 281 g/mol. The molecule has 3 heteroatoms. The van der Waals surface area contributed by atoms with E-state index in [1.165, 1.54) is 38.2 Å². The van der Waals surface area contributed by atoms with Crippen molar-refractivity contribution >= 4 is 11.8 Å². The predicted molar refractivity (Wildman–Crippen MR) is 82.1 cm³/mol. The lowest BCUT2D eigenvalue weighted by molar-refractivity contribution is 0.514. The summed E-state index contributed by atoms with van der Waals surface area (Å²) in [6.07, 6.45) is 6.87. The third-order valence-electron chi connectivity index (χ3n) is 3.75. The van der Waals surface area contributed by atoms with E-state index in [9.17, 15) is 4.39 Å². The molecule has 19 heavy (non-hydrogen) atoms. The Labute approximate surface area is 120 Å². The first kappa shape index (κ1) is 14.9. The molecule has 0 saturated heterocycles. The van der Waals surface area contributed by atoms with Gasteiger partial charge in [-0.2, -0.15) is 11.8 Å². The number of hydrogen-bond acceptors (Lipinski definition) is 2. The fraction of sp³-hybridized carbons (Fsp3) is 0.625. The Balaban J connectivity index is 1.91. The van der Waals surface area contributed by atoms with Crippen molar-refractivity contribution in [1.29, 1.82) is 0 Å². The molecule has 1 unspecified atom stereocenters. The summed E-state index contributed by atoms with van der Waals surface area (Å²) in [5, 5.41) is 4.29. The molecule has 0 amide bonds. The summed E-state index contributed by atoms with van der Waals surface area (Å²) in [4.78, 5) is 0. The Morgan fingerprint density at radius 2 is 2.11 bits per heavy atom. The van der Waals surface area contributed by atoms with Crippen LogP contribution in [0.4, 0.5) is 4.39 Å². The third kappa shape index (κ3) is 4.81. The molecule has 1 N–H and O–H groups in total. The van der Waals surface area contributed by atoms with E-state index in [0.29, 0.717) is 0 Å². The average Bonchev–Trinajstić information content (AvgIpc) is 2.44. The van der Waals surface area contributed by atoms with Gasteiger partial charge in [-0.15, -0.1) is 0 Å². The summed E-state index contributed by atoms with van der Waals surface area (Å²) in [7, 11) is 0. The van der Waals surface area contributed by atoms with Crippen LogP contribution in [-0.2, 0) is 0 Å². The van der Waals surface area contributed by atoms with Gasteiger partial charge in [0.25, 0.3) is 0 Å². The van der Waals surface area contributed by atoms with Gasteiger partial charge in [0.1, 0.15) is 5.82 Å². The predicted octanol–water partition coefficient (Wildman–Crippen LogP) is 4.54. The maximum absolute atomic E-state index is 13.3. The molecule has 0 spiro atoms. The normalized spacial score (nSPS) is 18.4. The van der Waals surface area contributed by atoms with Crippen LogP contribution in [0.2, 0.25) is 0 Å². The molecule has 1 saturated carbocycles. The van der Waals surface area contributed by atoms with E-state index in [1.807, 2.05) is 6.07 Å². The Morgan fingerprint density at radius 1 is 1.32 bits per heavy atom. The summed E-state index contributed by atoms with van der Waals surface area (Å²) in [6, 6.07) is 7.28. The minimum absolute atomic E-state index is 0.136. The number of nitrogens with one attached hydrogen (secondary N) is 1. The Kier molecular flexibility index (Phi) is 6.18. The fourth-order valence-electron chi connectivity index (χ4n) is 2.71. The topological polar surface area (TPSA) is 12.0 Å². The van der Waals surface area contributed by atoms with E-state index in [4.69, 9.17) is 0 Å². The lowest BCUT2D eigenvalue weighted by atomic mass is 10.0. The summed E-state index contributed by atoms with van der Waals surface area (Å²) in [5.74, 6) is 0.908. The standard InChI is InChI=1S/C16H24FNS/c1-2-18-16(13-7-6-8-14(17)11-13)12-19-15-9-4-3-5-10-15/h6-8,11,15-16,18H,2-5,9-10,12H2,1H3. The zero-order valence-corrected chi connectivity index (χ0v) is 12.5. The first-order valence-corrected chi connectivity index (χ1v) is 8.45. The number of halogens is 1. The molecule has 1 atom stereocenters. The van der Waals surface area contributed by atoms with Crippen LogP contribution in [0.25, 0.3) is 0 Å². The number of benzene rings is 1. The minimum Gasteiger partial charge on any atom is -0.310 e. The SMILES string of the molecule is CCNC(CSC1CCCCC1)c1cccc(F)c1. The Bertz CT molecular complexity index is 377. The molecule has 2 rings (SSSR count). The van der Waals surface area contributed by atoms with Crippen LogP contribution in [0, 0.1) is 5.82 Å². The van der Waals surface area contributed by atoms with Crippen molar-refractivity contribution in [3.05, 3.63) is 35.6 Å². The maximum atomic E-state index is 13.3. The van der Waals surface area contributed by atoms with Crippen molar-refractivity contribution in [2.75, 3.05) is 12.3 Å². The molecule has 0 aromatic heterocycles. The molecule has 1 aliphatic rings. The van der Waals surface area contributed by atoms with E-state index < -0.39 is 0 Å². The van der Waals surface area contributed by atoms with Gasteiger partial charge in [0.15, 0.2) is 0 Å². The van der Waals surface area contributed by atoms with Gasteiger partial charge >= 0.3 is 0 Å². The zero-order chi connectivity index (χ0) is 13.5. The van der Waals surface area contributed by atoms with Crippen LogP contribution < -0.4 is 5.32 Å². The highest BCUT2D eigenvalue weighted by molar-refractivity contribution is 7.99. The van der Waals surface area contributed by atoms with E-state index in [0.717, 1.165) is 23.1 Å². The van der Waals surface area contributed by atoms with Crippen LogP contribution in [0.3, 0.4) is 0 Å². The van der Waals surface area contributed by atoms with E-state index in [-0.39, 0.29) is 11.9 Å². The van der Waals surface area contributed by atoms with Gasteiger partial charge in [0, 0.05) is 17.0 Å². The smallest absolute Gasteiger partial charge is 0.123 e. The van der Waals surface area contributed by atoms with E-state index in [2.05, 4.69) is 24.0 Å². The number of hydrogen-bond donors (Lipinski definition) is 1. The van der Waals surface area contributed by atoms with Crippen molar-refractivity contribution < 1.29 is 4.39 Å². The fourth-order valence-corrected chi connectivity index (χ4v) is 4.15. The van der Waals surface area contributed by atoms with Gasteiger partial charge in [0.05, 0.1) is 0 Å². The number of rotatable bonds is 6. The highest BCUT2D eigenvalue weighted by atomic mass is 32.2. The van der Waals surface area contributed by atoms with Gasteiger partial charge < -0.3 is 5.32 Å². The molecular weight excluding hydrogens is 257 g/mol. The van der Waals surface area contributed by atoms with Gasteiger partial charge in [-0.05, 0) is 37.1 Å². The molecule has 0 radical (unpaired) electrons. The molecular formula is C16H24FNS. The molecule has 0 heterocycles. The molecule has 0 aliphatic heterocycles. The Hall–Kier alpha value is -0.540. The van der Waals surface area contributed by atoms with Crippen LogP contribution in [-0.4, -0.2) is 17.5 Å². The summed E-state index contributed by atoms with van der Waals surface area (Å²) < 4.78 is 13.3. The molecule has 1 aromatic carbocycles.